The highest BCUT2D eigenvalue weighted by atomic mass is 35.5. The average molecular weight is 237 g/mol. The number of fused-ring (bicyclic) bond motifs is 1. The van der Waals surface area contributed by atoms with Gasteiger partial charge in [0.25, 0.3) is 0 Å². The Bertz CT molecular complexity index is 520. The van der Waals surface area contributed by atoms with Gasteiger partial charge < -0.3 is 4.74 Å². The molecule has 0 bridgehead atoms. The lowest BCUT2D eigenvalue weighted by Crippen LogP contribution is -2.24. The van der Waals surface area contributed by atoms with Crippen LogP contribution in [0, 0.1) is 0 Å². The van der Waals surface area contributed by atoms with Gasteiger partial charge in [-0.2, -0.15) is 9.97 Å². The Labute approximate surface area is 99.4 Å². The zero-order chi connectivity index (χ0) is 11.8. The number of halogens is 1. The molecule has 0 N–H and O–H groups in total. The van der Waals surface area contributed by atoms with E-state index in [1.807, 2.05) is 45.0 Å². The lowest BCUT2D eigenvalue weighted by molar-refractivity contribution is 0.117. The normalized spacial score (nSPS) is 11.8. The topological polar surface area (TPSA) is 35.0 Å². The maximum atomic E-state index is 6.06. The molecular weight excluding hydrogens is 224 g/mol. The van der Waals surface area contributed by atoms with E-state index in [-0.39, 0.29) is 5.60 Å². The van der Waals surface area contributed by atoms with Crippen molar-refractivity contribution in [1.82, 2.24) is 9.97 Å². The van der Waals surface area contributed by atoms with E-state index in [1.54, 1.807) is 0 Å². The summed E-state index contributed by atoms with van der Waals surface area (Å²) in [6, 6.07) is 7.90. The van der Waals surface area contributed by atoms with Crippen LogP contribution in [0.3, 0.4) is 0 Å². The quantitative estimate of drug-likeness (QED) is 0.712. The summed E-state index contributed by atoms with van der Waals surface area (Å²) < 4.78 is 5.58. The van der Waals surface area contributed by atoms with Gasteiger partial charge >= 0.3 is 6.01 Å². The predicted molar refractivity (Wildman–Crippen MR) is 64.9 cm³/mol. The molecule has 1 aromatic heterocycles. The van der Waals surface area contributed by atoms with E-state index in [4.69, 9.17) is 16.3 Å². The molecule has 1 aromatic carbocycles. The summed E-state index contributed by atoms with van der Waals surface area (Å²) in [4.78, 5) is 8.42. The van der Waals surface area contributed by atoms with Crippen molar-refractivity contribution >= 4 is 22.5 Å². The standard InChI is InChI=1S/C12H13ClN2O/c1-12(2,3)16-11-14-9-7-5-4-6-8(9)10(13)15-11/h4-7H,1-3H3. The number of rotatable bonds is 1. The molecule has 0 saturated carbocycles. The molecule has 0 amide bonds. The molecule has 0 radical (unpaired) electrons. The van der Waals surface area contributed by atoms with Crippen LogP contribution in [-0.2, 0) is 0 Å². The van der Waals surface area contributed by atoms with Crippen LogP contribution in [0.5, 0.6) is 6.01 Å². The number of aromatic nitrogens is 2. The molecule has 2 rings (SSSR count). The van der Waals surface area contributed by atoms with Gasteiger partial charge in [-0.15, -0.1) is 0 Å². The Morgan fingerprint density at radius 1 is 1.12 bits per heavy atom. The van der Waals surface area contributed by atoms with E-state index in [1.165, 1.54) is 0 Å². The zero-order valence-corrected chi connectivity index (χ0v) is 10.2. The van der Waals surface area contributed by atoms with Gasteiger partial charge in [-0.25, -0.2) is 0 Å². The van der Waals surface area contributed by atoms with Crippen LogP contribution in [0.15, 0.2) is 24.3 Å². The Morgan fingerprint density at radius 2 is 1.81 bits per heavy atom. The number of ether oxygens (including phenoxy) is 1. The summed E-state index contributed by atoms with van der Waals surface area (Å²) in [5.41, 5.74) is 0.466. The van der Waals surface area contributed by atoms with Gasteiger partial charge in [0.1, 0.15) is 10.8 Å². The molecule has 0 fully saturated rings. The summed E-state index contributed by atoms with van der Waals surface area (Å²) >= 11 is 6.06. The van der Waals surface area contributed by atoms with Crippen molar-refractivity contribution in [3.05, 3.63) is 29.4 Å². The molecule has 16 heavy (non-hydrogen) atoms. The first-order valence-electron chi connectivity index (χ1n) is 5.07. The third kappa shape index (κ3) is 2.42. The number of hydrogen-bond acceptors (Lipinski definition) is 3. The number of para-hydroxylation sites is 1. The SMILES string of the molecule is CC(C)(C)Oc1nc(Cl)c2ccccc2n1. The molecule has 0 aliphatic carbocycles. The second-order valence-corrected chi connectivity index (χ2v) is 4.89. The van der Waals surface area contributed by atoms with Gasteiger partial charge in [0.15, 0.2) is 0 Å². The highest BCUT2D eigenvalue weighted by Crippen LogP contribution is 2.23. The van der Waals surface area contributed by atoms with Crippen LogP contribution in [0.1, 0.15) is 20.8 Å². The Hall–Kier alpha value is -1.35. The van der Waals surface area contributed by atoms with Gasteiger partial charge in [-0.3, -0.25) is 0 Å². The van der Waals surface area contributed by atoms with E-state index in [2.05, 4.69) is 9.97 Å². The third-order valence-corrected chi connectivity index (χ3v) is 2.22. The largest absolute Gasteiger partial charge is 0.458 e. The molecule has 0 spiro atoms. The molecular formula is C12H13ClN2O. The van der Waals surface area contributed by atoms with Gasteiger partial charge in [0.2, 0.25) is 0 Å². The minimum absolute atomic E-state index is 0.316. The third-order valence-electron chi connectivity index (χ3n) is 1.93. The Morgan fingerprint density at radius 3 is 2.50 bits per heavy atom. The van der Waals surface area contributed by atoms with Crippen molar-refractivity contribution in [3.8, 4) is 6.01 Å². The van der Waals surface area contributed by atoms with E-state index in [9.17, 15) is 0 Å². The lowest BCUT2D eigenvalue weighted by atomic mass is 10.2. The molecule has 0 atom stereocenters. The van der Waals surface area contributed by atoms with E-state index in [0.29, 0.717) is 11.2 Å². The second kappa shape index (κ2) is 3.91. The molecule has 0 unspecified atom stereocenters. The molecule has 1 heterocycles. The van der Waals surface area contributed by atoms with Crippen molar-refractivity contribution < 1.29 is 4.74 Å². The highest BCUT2D eigenvalue weighted by molar-refractivity contribution is 6.34. The van der Waals surface area contributed by atoms with E-state index >= 15 is 0 Å². The first-order valence-corrected chi connectivity index (χ1v) is 5.45. The van der Waals surface area contributed by atoms with Crippen LogP contribution < -0.4 is 4.74 Å². The fourth-order valence-corrected chi connectivity index (χ4v) is 1.57. The van der Waals surface area contributed by atoms with Crippen LogP contribution in [0.25, 0.3) is 10.9 Å². The fourth-order valence-electron chi connectivity index (χ4n) is 1.34. The summed E-state index contributed by atoms with van der Waals surface area (Å²) in [6.45, 7) is 5.83. The van der Waals surface area contributed by atoms with Crippen molar-refractivity contribution in [2.24, 2.45) is 0 Å². The first kappa shape index (κ1) is 11.1. The Balaban J connectivity index is 2.50. The summed E-state index contributed by atoms with van der Waals surface area (Å²) in [6.07, 6.45) is 0. The molecule has 0 aliphatic rings. The number of benzene rings is 1. The fraction of sp³-hybridized carbons (Fsp3) is 0.333. The lowest BCUT2D eigenvalue weighted by Gasteiger charge is -2.19. The van der Waals surface area contributed by atoms with Crippen LogP contribution in [-0.4, -0.2) is 15.6 Å². The van der Waals surface area contributed by atoms with Gasteiger partial charge in [0, 0.05) is 5.39 Å². The molecule has 84 valence electrons. The van der Waals surface area contributed by atoms with E-state index in [0.717, 1.165) is 10.9 Å². The maximum Gasteiger partial charge on any atom is 0.318 e. The summed E-state index contributed by atoms with van der Waals surface area (Å²) in [7, 11) is 0. The molecule has 4 heteroatoms. The van der Waals surface area contributed by atoms with E-state index < -0.39 is 0 Å². The van der Waals surface area contributed by atoms with Crippen LogP contribution >= 0.6 is 11.6 Å². The first-order chi connectivity index (χ1) is 7.46. The second-order valence-electron chi connectivity index (χ2n) is 4.53. The predicted octanol–water partition coefficient (Wildman–Crippen LogP) is 3.46. The Kier molecular flexibility index (Phi) is 2.72. The van der Waals surface area contributed by atoms with Crippen LogP contribution in [0.4, 0.5) is 0 Å². The molecule has 0 saturated heterocycles. The number of hydrogen-bond donors (Lipinski definition) is 0. The molecule has 3 nitrogen and oxygen atoms in total. The van der Waals surface area contributed by atoms with Gasteiger partial charge in [-0.1, -0.05) is 23.7 Å². The monoisotopic (exact) mass is 236 g/mol. The summed E-state index contributed by atoms with van der Waals surface area (Å²) in [5, 5.41) is 1.26. The average Bonchev–Trinajstić information content (AvgIpc) is 2.15. The maximum absolute atomic E-state index is 6.06. The minimum atomic E-state index is -0.328. The summed E-state index contributed by atoms with van der Waals surface area (Å²) in [5.74, 6) is 0. The molecule has 2 aromatic rings. The van der Waals surface area contributed by atoms with Crippen molar-refractivity contribution in [1.29, 1.82) is 0 Å². The smallest absolute Gasteiger partial charge is 0.318 e. The van der Waals surface area contributed by atoms with Crippen molar-refractivity contribution in [2.45, 2.75) is 26.4 Å². The zero-order valence-electron chi connectivity index (χ0n) is 9.49. The van der Waals surface area contributed by atoms with Crippen molar-refractivity contribution in [2.75, 3.05) is 0 Å². The van der Waals surface area contributed by atoms with Gasteiger partial charge in [0.05, 0.1) is 5.52 Å². The highest BCUT2D eigenvalue weighted by Gasteiger charge is 2.15. The number of nitrogens with zero attached hydrogens (tertiary/aromatic N) is 2. The van der Waals surface area contributed by atoms with Crippen molar-refractivity contribution in [3.63, 3.8) is 0 Å². The van der Waals surface area contributed by atoms with Gasteiger partial charge in [-0.05, 0) is 32.9 Å². The minimum Gasteiger partial charge on any atom is -0.458 e. The van der Waals surface area contributed by atoms with Crippen LogP contribution in [0.2, 0.25) is 5.15 Å². The molecule has 0 aliphatic heterocycles.